The van der Waals surface area contributed by atoms with Gasteiger partial charge in [-0.15, -0.1) is 0 Å². The quantitative estimate of drug-likeness (QED) is 0.624. The molecule has 3 aromatic rings. The number of amides is 2. The van der Waals surface area contributed by atoms with Crippen LogP contribution in [0.2, 0.25) is 0 Å². The van der Waals surface area contributed by atoms with E-state index in [1.54, 1.807) is 35.5 Å². The van der Waals surface area contributed by atoms with Gasteiger partial charge >= 0.3 is 6.03 Å². The highest BCUT2D eigenvalue weighted by molar-refractivity contribution is 5.89. The smallest absolute Gasteiger partial charge is 0.321 e. The van der Waals surface area contributed by atoms with Gasteiger partial charge in [-0.2, -0.15) is 0 Å². The Morgan fingerprint density at radius 3 is 2.47 bits per heavy atom. The molecule has 2 heterocycles. The van der Waals surface area contributed by atoms with Gasteiger partial charge in [0.1, 0.15) is 24.0 Å². The van der Waals surface area contributed by atoms with Gasteiger partial charge in [0.15, 0.2) is 0 Å². The van der Waals surface area contributed by atoms with Gasteiger partial charge in [0.25, 0.3) is 0 Å². The Morgan fingerprint density at radius 2 is 1.75 bits per heavy atom. The number of benzene rings is 2. The maximum Gasteiger partial charge on any atom is 0.321 e. The number of hydrogen-bond acceptors (Lipinski definition) is 4. The van der Waals surface area contributed by atoms with Crippen LogP contribution in [0.25, 0.3) is 0 Å². The molecular weight excluding hydrogens is 414 g/mol. The Hall–Kier alpha value is -3.52. The molecule has 1 N–H and O–H groups in total. The summed E-state index contributed by atoms with van der Waals surface area (Å²) >= 11 is 0. The van der Waals surface area contributed by atoms with Crippen molar-refractivity contribution in [1.29, 1.82) is 0 Å². The zero-order valence-corrected chi connectivity index (χ0v) is 17.5. The van der Waals surface area contributed by atoms with Crippen LogP contribution in [0.3, 0.4) is 0 Å². The van der Waals surface area contributed by atoms with E-state index in [9.17, 15) is 13.6 Å². The summed E-state index contributed by atoms with van der Waals surface area (Å²) in [5.74, 6) is -0.683. The van der Waals surface area contributed by atoms with E-state index >= 15 is 0 Å². The average molecular weight is 438 g/mol. The Bertz CT molecular complexity index is 1040. The second-order valence-electron chi connectivity index (χ2n) is 7.57. The molecule has 32 heavy (non-hydrogen) atoms. The van der Waals surface area contributed by atoms with Crippen LogP contribution in [0, 0.1) is 11.6 Å². The highest BCUT2D eigenvalue weighted by Crippen LogP contribution is 2.20. The summed E-state index contributed by atoms with van der Waals surface area (Å²) in [4.78, 5) is 20.4. The van der Waals surface area contributed by atoms with E-state index in [1.165, 1.54) is 18.2 Å². The van der Waals surface area contributed by atoms with Crippen LogP contribution < -0.4 is 10.1 Å². The summed E-state index contributed by atoms with van der Waals surface area (Å²) in [6.45, 7) is 3.25. The first-order valence-corrected chi connectivity index (χ1v) is 10.4. The fraction of sp³-hybridized carbons (Fsp3) is 0.250. The third-order valence-electron chi connectivity index (χ3n) is 5.32. The van der Waals surface area contributed by atoms with Gasteiger partial charge in [0.2, 0.25) is 0 Å². The Labute approximate surface area is 185 Å². The van der Waals surface area contributed by atoms with Crippen LogP contribution >= 0.6 is 0 Å². The number of piperazine rings is 1. The maximum absolute atomic E-state index is 13.8. The van der Waals surface area contributed by atoms with Crippen LogP contribution in [0.5, 0.6) is 5.75 Å². The number of nitrogens with one attached hydrogen (secondary N) is 1. The average Bonchev–Trinajstić information content (AvgIpc) is 2.80. The molecule has 6 nitrogen and oxygen atoms in total. The van der Waals surface area contributed by atoms with Crippen molar-refractivity contribution in [3.63, 3.8) is 0 Å². The van der Waals surface area contributed by atoms with E-state index in [2.05, 4.69) is 15.2 Å². The van der Waals surface area contributed by atoms with Crippen molar-refractivity contribution in [2.75, 3.05) is 31.5 Å². The molecule has 2 amide bonds. The van der Waals surface area contributed by atoms with Gasteiger partial charge in [0, 0.05) is 38.9 Å². The van der Waals surface area contributed by atoms with Crippen LogP contribution in [-0.4, -0.2) is 47.0 Å². The largest absolute Gasteiger partial charge is 0.489 e. The third-order valence-corrected chi connectivity index (χ3v) is 5.32. The van der Waals surface area contributed by atoms with Crippen molar-refractivity contribution in [2.24, 2.45) is 0 Å². The van der Waals surface area contributed by atoms with Crippen molar-refractivity contribution in [1.82, 2.24) is 14.8 Å². The number of halogens is 2. The summed E-state index contributed by atoms with van der Waals surface area (Å²) in [7, 11) is 0. The highest BCUT2D eigenvalue weighted by Gasteiger charge is 2.21. The standard InChI is InChI=1S/C24H24F2N4O2/c25-22-7-2-8-23(26)21(22)17-32-20-6-1-4-18(14-20)16-29-10-12-30(13-11-29)24(31)28-19-5-3-9-27-15-19/h1-9,14-15H,10-13,16-17H2,(H,28,31). The number of urea groups is 1. The van der Waals surface area contributed by atoms with Gasteiger partial charge in [-0.1, -0.05) is 18.2 Å². The first-order chi connectivity index (χ1) is 15.6. The first kappa shape index (κ1) is 21.7. The molecule has 1 fully saturated rings. The molecule has 0 atom stereocenters. The van der Waals surface area contributed by atoms with Crippen molar-refractivity contribution in [3.8, 4) is 5.75 Å². The molecule has 1 aliphatic rings. The molecule has 8 heteroatoms. The Balaban J connectivity index is 1.27. The number of hydrogen-bond donors (Lipinski definition) is 1. The number of nitrogens with zero attached hydrogens (tertiary/aromatic N) is 3. The summed E-state index contributed by atoms with van der Waals surface area (Å²) in [6.07, 6.45) is 3.27. The minimum atomic E-state index is -0.619. The zero-order chi connectivity index (χ0) is 22.3. The van der Waals surface area contributed by atoms with E-state index in [-0.39, 0.29) is 18.2 Å². The number of aromatic nitrogens is 1. The third kappa shape index (κ3) is 5.59. The minimum absolute atomic E-state index is 0.0846. The van der Waals surface area contributed by atoms with E-state index < -0.39 is 11.6 Å². The predicted molar refractivity (Wildman–Crippen MR) is 117 cm³/mol. The van der Waals surface area contributed by atoms with Gasteiger partial charge in [0.05, 0.1) is 17.4 Å². The second kappa shape index (κ2) is 10.2. The van der Waals surface area contributed by atoms with Crippen molar-refractivity contribution < 1.29 is 18.3 Å². The molecule has 0 bridgehead atoms. The molecule has 0 aliphatic carbocycles. The van der Waals surface area contributed by atoms with Crippen LogP contribution in [-0.2, 0) is 13.2 Å². The van der Waals surface area contributed by atoms with Gasteiger partial charge < -0.3 is 15.0 Å². The van der Waals surface area contributed by atoms with Crippen molar-refractivity contribution in [2.45, 2.75) is 13.2 Å². The molecule has 0 spiro atoms. The Morgan fingerprint density at radius 1 is 1.00 bits per heavy atom. The summed E-state index contributed by atoms with van der Waals surface area (Å²) in [5.41, 5.74) is 1.62. The fourth-order valence-electron chi connectivity index (χ4n) is 3.57. The first-order valence-electron chi connectivity index (χ1n) is 10.4. The maximum atomic E-state index is 13.8. The Kier molecular flexibility index (Phi) is 6.91. The van der Waals surface area contributed by atoms with Gasteiger partial charge in [-0.05, 0) is 42.0 Å². The molecule has 0 radical (unpaired) electrons. The molecule has 4 rings (SSSR count). The molecule has 1 saturated heterocycles. The van der Waals surface area contributed by atoms with Crippen LogP contribution in [0.1, 0.15) is 11.1 Å². The molecule has 0 unspecified atom stereocenters. The molecule has 1 aliphatic heterocycles. The number of anilines is 1. The van der Waals surface area contributed by atoms with E-state index in [0.29, 0.717) is 31.1 Å². The molecule has 0 saturated carbocycles. The summed E-state index contributed by atoms with van der Waals surface area (Å²) in [5, 5.41) is 2.86. The topological polar surface area (TPSA) is 57.7 Å². The predicted octanol–water partition coefficient (Wildman–Crippen LogP) is 4.29. The normalized spacial score (nSPS) is 14.2. The molecule has 1 aromatic heterocycles. The monoisotopic (exact) mass is 438 g/mol. The minimum Gasteiger partial charge on any atom is -0.489 e. The highest BCUT2D eigenvalue weighted by atomic mass is 19.1. The lowest BCUT2D eigenvalue weighted by molar-refractivity contribution is 0.143. The fourth-order valence-corrected chi connectivity index (χ4v) is 3.57. The number of carbonyl (C=O) groups is 1. The lowest BCUT2D eigenvalue weighted by Gasteiger charge is -2.34. The van der Waals surface area contributed by atoms with Crippen LogP contribution in [0.15, 0.2) is 67.0 Å². The summed E-state index contributed by atoms with van der Waals surface area (Å²) in [6, 6.07) is 14.7. The van der Waals surface area contributed by atoms with Gasteiger partial charge in [-0.3, -0.25) is 9.88 Å². The lowest BCUT2D eigenvalue weighted by Crippen LogP contribution is -2.49. The molecular formula is C24H24F2N4O2. The summed E-state index contributed by atoms with van der Waals surface area (Å²) < 4.78 is 33.2. The molecule has 2 aromatic carbocycles. The van der Waals surface area contributed by atoms with Crippen LogP contribution in [0.4, 0.5) is 19.3 Å². The van der Waals surface area contributed by atoms with Gasteiger partial charge in [-0.25, -0.2) is 13.6 Å². The van der Waals surface area contributed by atoms with Crippen molar-refractivity contribution in [3.05, 3.63) is 89.8 Å². The molecule has 166 valence electrons. The van der Waals surface area contributed by atoms with E-state index in [4.69, 9.17) is 4.74 Å². The lowest BCUT2D eigenvalue weighted by atomic mass is 10.2. The number of rotatable bonds is 6. The van der Waals surface area contributed by atoms with E-state index in [0.717, 1.165) is 18.7 Å². The SMILES string of the molecule is O=C(Nc1cccnc1)N1CCN(Cc2cccc(OCc3c(F)cccc3F)c2)CC1. The number of pyridine rings is 1. The van der Waals surface area contributed by atoms with Crippen molar-refractivity contribution >= 4 is 11.7 Å². The van der Waals surface area contributed by atoms with E-state index in [1.807, 2.05) is 18.2 Å². The second-order valence-corrected chi connectivity index (χ2v) is 7.57. The zero-order valence-electron chi connectivity index (χ0n) is 17.5. The number of ether oxygens (including phenoxy) is 1. The number of carbonyl (C=O) groups excluding carboxylic acids is 1.